The van der Waals surface area contributed by atoms with E-state index in [1.165, 1.54) is 6.26 Å². The standard InChI is InChI=1S/C19H25NO4.CH2O2/c1-2-8-19(13-21)12-20(9-7-17(19)22)10-14-11-24-16-6-4-3-5-15(16)18(14)23;2-1-3/h3-6,11,17,21-22H,2,7-10,12-13H2,1H3;1H,(H,2,3)/t17-,19+;/m0./s1. The molecule has 0 unspecified atom stereocenters. The van der Waals surface area contributed by atoms with Gasteiger partial charge in [-0.25, -0.2) is 0 Å². The van der Waals surface area contributed by atoms with Crippen molar-refractivity contribution < 1.29 is 24.5 Å². The van der Waals surface area contributed by atoms with E-state index in [-0.39, 0.29) is 18.5 Å². The maximum absolute atomic E-state index is 12.6. The highest BCUT2D eigenvalue weighted by Gasteiger charge is 2.41. The maximum atomic E-state index is 12.6. The van der Waals surface area contributed by atoms with E-state index < -0.39 is 11.5 Å². The Bertz CT molecular complexity index is 804. The van der Waals surface area contributed by atoms with Crippen molar-refractivity contribution in [2.24, 2.45) is 5.41 Å². The number of piperidine rings is 1. The number of carbonyl (C=O) groups is 1. The molecule has 0 saturated carbocycles. The van der Waals surface area contributed by atoms with Crippen LogP contribution in [0.3, 0.4) is 0 Å². The van der Waals surface area contributed by atoms with Crippen molar-refractivity contribution in [3.63, 3.8) is 0 Å². The van der Waals surface area contributed by atoms with Crippen molar-refractivity contribution in [2.75, 3.05) is 19.7 Å². The van der Waals surface area contributed by atoms with Crippen molar-refractivity contribution in [3.8, 4) is 0 Å². The molecule has 1 aliphatic heterocycles. The van der Waals surface area contributed by atoms with Crippen molar-refractivity contribution >= 4 is 17.4 Å². The molecule has 2 heterocycles. The van der Waals surface area contributed by atoms with Gasteiger partial charge in [0.25, 0.3) is 6.47 Å². The zero-order chi connectivity index (χ0) is 19.9. The predicted molar refractivity (Wildman–Crippen MR) is 102 cm³/mol. The van der Waals surface area contributed by atoms with E-state index in [0.717, 1.165) is 12.8 Å². The van der Waals surface area contributed by atoms with E-state index in [0.29, 0.717) is 42.6 Å². The van der Waals surface area contributed by atoms with Gasteiger partial charge in [-0.2, -0.15) is 0 Å². The average Bonchev–Trinajstić information content (AvgIpc) is 2.67. The van der Waals surface area contributed by atoms with Gasteiger partial charge in [-0.3, -0.25) is 14.5 Å². The van der Waals surface area contributed by atoms with Crippen LogP contribution in [0.2, 0.25) is 0 Å². The molecular formula is C20H27NO6. The van der Waals surface area contributed by atoms with Crippen molar-refractivity contribution in [3.05, 3.63) is 46.3 Å². The van der Waals surface area contributed by atoms with Crippen molar-refractivity contribution in [1.82, 2.24) is 4.90 Å². The number of aliphatic hydroxyl groups is 2. The van der Waals surface area contributed by atoms with Gasteiger partial charge in [-0.1, -0.05) is 25.5 Å². The zero-order valence-electron chi connectivity index (χ0n) is 15.5. The van der Waals surface area contributed by atoms with Crippen LogP contribution in [0.15, 0.2) is 39.7 Å². The Morgan fingerprint density at radius 2 is 2.07 bits per heavy atom. The zero-order valence-corrected chi connectivity index (χ0v) is 15.5. The molecule has 1 aromatic heterocycles. The first-order valence-corrected chi connectivity index (χ1v) is 9.10. The smallest absolute Gasteiger partial charge is 0.290 e. The molecule has 0 spiro atoms. The number of nitrogens with zero attached hydrogens (tertiary/aromatic N) is 1. The third-order valence-electron chi connectivity index (χ3n) is 5.17. The lowest BCUT2D eigenvalue weighted by Crippen LogP contribution is -2.53. The van der Waals surface area contributed by atoms with Crippen LogP contribution in [-0.2, 0) is 11.3 Å². The fourth-order valence-corrected chi connectivity index (χ4v) is 3.82. The molecule has 7 heteroatoms. The average molecular weight is 377 g/mol. The summed E-state index contributed by atoms with van der Waals surface area (Å²) in [4.78, 5) is 23.1. The SMILES string of the molecule is CCC[C@]1(CO)CN(Cc2coc3ccccc3c2=O)CC[C@@H]1O.O=CO. The van der Waals surface area contributed by atoms with Crippen LogP contribution in [0.5, 0.6) is 0 Å². The van der Waals surface area contributed by atoms with Gasteiger partial charge in [0.1, 0.15) is 5.58 Å². The largest absolute Gasteiger partial charge is 0.483 e. The van der Waals surface area contributed by atoms with Crippen LogP contribution in [0.4, 0.5) is 0 Å². The molecule has 2 aromatic rings. The predicted octanol–water partition coefficient (Wildman–Crippen LogP) is 1.84. The molecule has 2 atom stereocenters. The summed E-state index contributed by atoms with van der Waals surface area (Å²) in [6, 6.07) is 7.24. The second kappa shape index (κ2) is 9.64. The number of rotatable bonds is 5. The quantitative estimate of drug-likeness (QED) is 0.682. The normalized spacial score (nSPS) is 22.9. The summed E-state index contributed by atoms with van der Waals surface area (Å²) in [7, 11) is 0. The molecule has 3 N–H and O–H groups in total. The van der Waals surface area contributed by atoms with Crippen LogP contribution in [-0.4, -0.2) is 52.5 Å². The minimum absolute atomic E-state index is 0.00642. The molecule has 3 rings (SSSR count). The summed E-state index contributed by atoms with van der Waals surface area (Å²) in [6.07, 6.45) is 3.33. The van der Waals surface area contributed by atoms with Crippen LogP contribution < -0.4 is 5.43 Å². The van der Waals surface area contributed by atoms with E-state index in [2.05, 4.69) is 11.8 Å². The van der Waals surface area contributed by atoms with Gasteiger partial charge in [0.2, 0.25) is 0 Å². The number of carboxylic acid groups (broad SMARTS) is 1. The monoisotopic (exact) mass is 377 g/mol. The Labute approximate surface area is 157 Å². The molecule has 1 fully saturated rings. The molecule has 0 radical (unpaired) electrons. The second-order valence-corrected chi connectivity index (χ2v) is 6.98. The minimum Gasteiger partial charge on any atom is -0.483 e. The second-order valence-electron chi connectivity index (χ2n) is 6.98. The van der Waals surface area contributed by atoms with Gasteiger partial charge in [-0.05, 0) is 25.0 Å². The molecule has 27 heavy (non-hydrogen) atoms. The number of para-hydroxylation sites is 1. The Kier molecular flexibility index (Phi) is 7.53. The summed E-state index contributed by atoms with van der Waals surface area (Å²) < 4.78 is 5.59. The molecule has 1 aromatic carbocycles. The van der Waals surface area contributed by atoms with Crippen LogP contribution in [0.25, 0.3) is 11.0 Å². The number of fused-ring (bicyclic) bond motifs is 1. The van der Waals surface area contributed by atoms with Gasteiger partial charge in [0, 0.05) is 30.6 Å². The van der Waals surface area contributed by atoms with Crippen LogP contribution in [0.1, 0.15) is 31.7 Å². The lowest BCUT2D eigenvalue weighted by Gasteiger charge is -2.45. The summed E-state index contributed by atoms with van der Waals surface area (Å²) in [6.45, 7) is 3.54. The Balaban J connectivity index is 0.000000817. The van der Waals surface area contributed by atoms with Crippen LogP contribution >= 0.6 is 0 Å². The minimum atomic E-state index is -0.496. The molecule has 1 saturated heterocycles. The molecule has 148 valence electrons. The highest BCUT2D eigenvalue weighted by atomic mass is 16.3. The van der Waals surface area contributed by atoms with E-state index in [4.69, 9.17) is 14.3 Å². The Hall–Kier alpha value is -2.22. The molecule has 0 aliphatic carbocycles. The Morgan fingerprint density at radius 1 is 1.37 bits per heavy atom. The third-order valence-corrected chi connectivity index (χ3v) is 5.17. The van der Waals surface area contributed by atoms with E-state index in [1.54, 1.807) is 12.1 Å². The molecule has 0 amide bonds. The number of benzene rings is 1. The first-order valence-electron chi connectivity index (χ1n) is 9.10. The topological polar surface area (TPSA) is 111 Å². The molecular weight excluding hydrogens is 350 g/mol. The van der Waals surface area contributed by atoms with Gasteiger partial charge >= 0.3 is 0 Å². The first-order chi connectivity index (χ1) is 13.0. The Morgan fingerprint density at radius 3 is 2.74 bits per heavy atom. The highest BCUT2D eigenvalue weighted by Crippen LogP contribution is 2.35. The molecule has 7 nitrogen and oxygen atoms in total. The molecule has 1 aliphatic rings. The van der Waals surface area contributed by atoms with Gasteiger partial charge < -0.3 is 19.7 Å². The van der Waals surface area contributed by atoms with Gasteiger partial charge in [-0.15, -0.1) is 0 Å². The highest BCUT2D eigenvalue weighted by molar-refractivity contribution is 5.76. The van der Waals surface area contributed by atoms with Crippen molar-refractivity contribution in [1.29, 1.82) is 0 Å². The van der Waals surface area contributed by atoms with Gasteiger partial charge in [0.15, 0.2) is 5.43 Å². The first kappa shape index (κ1) is 21.1. The number of likely N-dealkylation sites (tertiary alicyclic amines) is 1. The number of hydrogen-bond acceptors (Lipinski definition) is 6. The summed E-state index contributed by atoms with van der Waals surface area (Å²) in [5.41, 5.74) is 0.710. The lowest BCUT2D eigenvalue weighted by atomic mass is 9.74. The van der Waals surface area contributed by atoms with Crippen molar-refractivity contribution in [2.45, 2.75) is 38.8 Å². The van der Waals surface area contributed by atoms with E-state index in [1.807, 2.05) is 12.1 Å². The summed E-state index contributed by atoms with van der Waals surface area (Å²) >= 11 is 0. The van der Waals surface area contributed by atoms with E-state index in [9.17, 15) is 15.0 Å². The summed E-state index contributed by atoms with van der Waals surface area (Å²) in [5, 5.41) is 27.7. The molecule has 0 bridgehead atoms. The van der Waals surface area contributed by atoms with E-state index >= 15 is 0 Å². The third kappa shape index (κ3) is 4.74. The fraction of sp³-hybridized carbons (Fsp3) is 0.500. The van der Waals surface area contributed by atoms with Gasteiger partial charge in [0.05, 0.1) is 24.4 Å². The maximum Gasteiger partial charge on any atom is 0.290 e. The summed E-state index contributed by atoms with van der Waals surface area (Å²) in [5.74, 6) is 0. The fourth-order valence-electron chi connectivity index (χ4n) is 3.82. The number of aliphatic hydroxyl groups excluding tert-OH is 2. The van der Waals surface area contributed by atoms with Crippen LogP contribution in [0, 0.1) is 5.41 Å². The lowest BCUT2D eigenvalue weighted by molar-refractivity contribution is -0.122. The number of hydrogen-bond donors (Lipinski definition) is 3.